The van der Waals surface area contributed by atoms with E-state index < -0.39 is 58.8 Å². The average molecular weight is 551 g/mol. The quantitative estimate of drug-likeness (QED) is 0.192. The zero-order chi connectivity index (χ0) is 28.0. The minimum atomic E-state index is -1.43. The maximum Gasteiger partial charge on any atom is 0.331 e. The molecule has 13 atom stereocenters. The molecule has 5 fully saturated rings. The molecule has 0 amide bonds. The molecule has 0 spiro atoms. The number of aliphatic hydroxyl groups is 5. The third-order valence-corrected chi connectivity index (χ3v) is 12.0. The van der Waals surface area contributed by atoms with E-state index in [1.165, 1.54) is 0 Å². The van der Waals surface area contributed by atoms with Crippen molar-refractivity contribution in [1.29, 1.82) is 0 Å². The topological polar surface area (TPSA) is 163 Å². The van der Waals surface area contributed by atoms with Gasteiger partial charge in [-0.3, -0.25) is 0 Å². The molecule has 218 valence electrons. The molecule has 39 heavy (non-hydrogen) atoms. The van der Waals surface area contributed by atoms with Gasteiger partial charge in [-0.25, -0.2) is 4.79 Å². The van der Waals surface area contributed by atoms with Crippen LogP contribution in [0.25, 0.3) is 0 Å². The van der Waals surface area contributed by atoms with Gasteiger partial charge < -0.3 is 44.5 Å². The number of carbonyl (C=O) groups is 2. The predicted molar refractivity (Wildman–Crippen MR) is 135 cm³/mol. The van der Waals surface area contributed by atoms with Crippen molar-refractivity contribution in [3.63, 3.8) is 0 Å². The second-order valence-corrected chi connectivity index (χ2v) is 13.4. The summed E-state index contributed by atoms with van der Waals surface area (Å²) >= 11 is 0. The predicted octanol–water partition coefficient (Wildman–Crippen LogP) is 0.750. The van der Waals surface area contributed by atoms with Crippen LogP contribution in [0.5, 0.6) is 0 Å². The van der Waals surface area contributed by atoms with Crippen LogP contribution in [0.2, 0.25) is 0 Å². The van der Waals surface area contributed by atoms with Gasteiger partial charge in [0.05, 0.1) is 28.8 Å². The first-order valence-corrected chi connectivity index (χ1v) is 14.5. The van der Waals surface area contributed by atoms with E-state index in [9.17, 15) is 35.1 Å². The lowest BCUT2D eigenvalue weighted by Crippen LogP contribution is -2.69. The minimum absolute atomic E-state index is 0.0465. The number of aldehydes is 1. The molecule has 5 N–H and O–H groups in total. The first-order chi connectivity index (χ1) is 18.4. The first-order valence-electron chi connectivity index (χ1n) is 14.5. The van der Waals surface area contributed by atoms with E-state index in [1.807, 2.05) is 0 Å². The summed E-state index contributed by atoms with van der Waals surface area (Å²) in [4.78, 5) is 24.8. The number of fused-ring (bicyclic) bond motifs is 5. The van der Waals surface area contributed by atoms with Crippen LogP contribution in [0.3, 0.4) is 0 Å². The number of ether oxygens (including phenoxy) is 3. The fourth-order valence-corrected chi connectivity index (χ4v) is 9.75. The molecule has 0 aromatic heterocycles. The van der Waals surface area contributed by atoms with Gasteiger partial charge in [-0.1, -0.05) is 6.92 Å². The molecule has 4 aliphatic carbocycles. The highest BCUT2D eigenvalue weighted by atomic mass is 16.7. The summed E-state index contributed by atoms with van der Waals surface area (Å²) in [7, 11) is 0. The second-order valence-electron chi connectivity index (χ2n) is 13.4. The Morgan fingerprint density at radius 1 is 0.974 bits per heavy atom. The number of carbonyl (C=O) groups excluding carboxylic acids is 2. The Balaban J connectivity index is 1.22. The molecule has 6 rings (SSSR count). The van der Waals surface area contributed by atoms with Gasteiger partial charge in [0, 0.05) is 17.9 Å². The number of esters is 1. The molecular formula is C29H42O10. The van der Waals surface area contributed by atoms with Crippen LogP contribution in [0.15, 0.2) is 11.6 Å². The van der Waals surface area contributed by atoms with Gasteiger partial charge in [0.25, 0.3) is 0 Å². The molecule has 10 nitrogen and oxygen atoms in total. The average Bonchev–Trinajstić information content (AvgIpc) is 3.45. The molecule has 10 heteroatoms. The first kappa shape index (κ1) is 27.8. The molecule has 6 aliphatic rings. The lowest BCUT2D eigenvalue weighted by Gasteiger charge is -2.65. The summed E-state index contributed by atoms with van der Waals surface area (Å²) in [6.45, 7) is 3.98. The number of rotatable bonds is 4. The standard InChI is InChI=1S/C29H42O10/c1-15-22(32)23(33)24(34)25(38-15)39-17-3-8-27(14-30)19-4-7-26(2)18(16-11-21(31)37-13-16)6-10-29(26,36)20(19)5-9-28(27,35)12-17/h11,14-15,17-20,22-25,32-36H,3-10,12-13H2,1-2H3/t15-,17+,18+,19-,20+,22+,23-,24-,25-,26+,27-,28+,29+/m0/s1. The highest BCUT2D eigenvalue weighted by Gasteiger charge is 2.71. The van der Waals surface area contributed by atoms with Crippen LogP contribution in [-0.2, 0) is 23.8 Å². The van der Waals surface area contributed by atoms with E-state index in [4.69, 9.17) is 14.2 Å². The smallest absolute Gasteiger partial charge is 0.331 e. The fourth-order valence-electron chi connectivity index (χ4n) is 9.75. The maximum atomic E-state index is 13.0. The van der Waals surface area contributed by atoms with Crippen molar-refractivity contribution in [3.8, 4) is 0 Å². The van der Waals surface area contributed by atoms with Gasteiger partial charge in [0.2, 0.25) is 0 Å². The van der Waals surface area contributed by atoms with Crippen molar-refractivity contribution >= 4 is 12.3 Å². The molecule has 4 saturated carbocycles. The van der Waals surface area contributed by atoms with Crippen LogP contribution in [0.1, 0.15) is 71.6 Å². The van der Waals surface area contributed by atoms with Crippen molar-refractivity contribution in [1.82, 2.24) is 0 Å². The van der Waals surface area contributed by atoms with Gasteiger partial charge in [-0.2, -0.15) is 0 Å². The Kier molecular flexibility index (Phi) is 6.62. The van der Waals surface area contributed by atoms with Gasteiger partial charge in [-0.15, -0.1) is 0 Å². The summed E-state index contributed by atoms with van der Waals surface area (Å²) in [5.41, 5.74) is -2.86. The van der Waals surface area contributed by atoms with E-state index in [0.29, 0.717) is 44.9 Å². The summed E-state index contributed by atoms with van der Waals surface area (Å²) < 4.78 is 16.9. The lowest BCUT2D eigenvalue weighted by molar-refractivity contribution is -0.317. The van der Waals surface area contributed by atoms with Gasteiger partial charge >= 0.3 is 5.97 Å². The van der Waals surface area contributed by atoms with E-state index >= 15 is 0 Å². The van der Waals surface area contributed by atoms with Crippen molar-refractivity contribution in [2.75, 3.05) is 6.61 Å². The third-order valence-electron chi connectivity index (χ3n) is 12.0. The molecule has 2 heterocycles. The fraction of sp³-hybridized carbons (Fsp3) is 0.862. The molecule has 2 aliphatic heterocycles. The van der Waals surface area contributed by atoms with Gasteiger partial charge in [0.1, 0.15) is 31.2 Å². The van der Waals surface area contributed by atoms with E-state index in [-0.39, 0.29) is 36.8 Å². The van der Waals surface area contributed by atoms with Crippen LogP contribution in [-0.4, -0.2) is 92.4 Å². The Morgan fingerprint density at radius 2 is 1.72 bits per heavy atom. The summed E-state index contributed by atoms with van der Waals surface area (Å²) in [5.74, 6) is -0.616. The second kappa shape index (κ2) is 9.31. The molecular weight excluding hydrogens is 508 g/mol. The van der Waals surface area contributed by atoms with E-state index in [2.05, 4.69) is 6.92 Å². The lowest BCUT2D eigenvalue weighted by atomic mass is 9.41. The van der Waals surface area contributed by atoms with Crippen LogP contribution in [0, 0.1) is 28.6 Å². The monoisotopic (exact) mass is 550 g/mol. The Hall–Kier alpha value is -1.40. The van der Waals surface area contributed by atoms with Crippen molar-refractivity contribution < 1.29 is 49.3 Å². The number of hydrogen-bond acceptors (Lipinski definition) is 10. The number of hydrogen-bond donors (Lipinski definition) is 5. The summed E-state index contributed by atoms with van der Waals surface area (Å²) in [5, 5.41) is 55.0. The van der Waals surface area contributed by atoms with Crippen LogP contribution >= 0.6 is 0 Å². The normalized spacial score (nSPS) is 55.2. The highest BCUT2D eigenvalue weighted by molar-refractivity contribution is 5.85. The third kappa shape index (κ3) is 3.78. The highest BCUT2D eigenvalue weighted by Crippen LogP contribution is 2.70. The molecule has 1 saturated heterocycles. The molecule has 0 aromatic carbocycles. The van der Waals surface area contributed by atoms with Gasteiger partial charge in [0.15, 0.2) is 6.29 Å². The van der Waals surface area contributed by atoms with Gasteiger partial charge in [-0.05, 0) is 81.6 Å². The molecule has 0 aromatic rings. The largest absolute Gasteiger partial charge is 0.458 e. The minimum Gasteiger partial charge on any atom is -0.458 e. The number of aliphatic hydroxyl groups excluding tert-OH is 3. The van der Waals surface area contributed by atoms with Crippen LogP contribution < -0.4 is 0 Å². The Labute approximate surface area is 228 Å². The molecule has 0 unspecified atom stereocenters. The molecule has 0 bridgehead atoms. The van der Waals surface area contributed by atoms with E-state index in [1.54, 1.807) is 13.0 Å². The maximum absolute atomic E-state index is 13.0. The SMILES string of the molecule is C[C@@H]1O[C@@H](O[C@@H]2CC[C@]3(C=O)[C@H]4CC[C@]5(C)[C@@H](C6=CC(=O)OC6)CC[C@@]5(O)[C@@H]4CC[C@@]3(O)C2)[C@@H](O)[C@@H](O)[C@@H]1O. The Morgan fingerprint density at radius 3 is 2.41 bits per heavy atom. The zero-order valence-corrected chi connectivity index (χ0v) is 22.7. The summed E-state index contributed by atoms with van der Waals surface area (Å²) in [6, 6.07) is 0. The van der Waals surface area contributed by atoms with Crippen LogP contribution in [0.4, 0.5) is 0 Å². The Bertz CT molecular complexity index is 1050. The van der Waals surface area contributed by atoms with Crippen molar-refractivity contribution in [2.45, 2.75) is 120 Å². The molecule has 0 radical (unpaired) electrons. The summed E-state index contributed by atoms with van der Waals surface area (Å²) in [6.07, 6.45) is 0.689. The van der Waals surface area contributed by atoms with E-state index in [0.717, 1.165) is 18.3 Å². The number of cyclic esters (lactones) is 1. The van der Waals surface area contributed by atoms with Crippen molar-refractivity contribution in [2.24, 2.45) is 28.6 Å². The van der Waals surface area contributed by atoms with Crippen molar-refractivity contribution in [3.05, 3.63) is 11.6 Å². The zero-order valence-electron chi connectivity index (χ0n) is 22.7.